The van der Waals surface area contributed by atoms with Crippen LogP contribution in [0.5, 0.6) is 0 Å². The van der Waals surface area contributed by atoms with E-state index in [0.717, 1.165) is 20.0 Å². The van der Waals surface area contributed by atoms with Crippen molar-refractivity contribution < 1.29 is 8.42 Å². The van der Waals surface area contributed by atoms with Gasteiger partial charge in [-0.15, -0.1) is 0 Å². The van der Waals surface area contributed by atoms with Crippen molar-refractivity contribution in [1.82, 2.24) is 4.98 Å². The van der Waals surface area contributed by atoms with E-state index in [1.807, 2.05) is 13.0 Å². The molecule has 3 nitrogen and oxygen atoms in total. The van der Waals surface area contributed by atoms with Gasteiger partial charge in [0, 0.05) is 17.3 Å². The molecule has 0 spiro atoms. The molecule has 0 radical (unpaired) electrons. The van der Waals surface area contributed by atoms with E-state index < -0.39 is 9.84 Å². The number of hydrogen-bond donors (Lipinski definition) is 0. The van der Waals surface area contributed by atoms with Gasteiger partial charge in [0.2, 0.25) is 0 Å². The zero-order valence-corrected chi connectivity index (χ0v) is 13.6. The number of rotatable bonds is 3. The smallest absolute Gasteiger partial charge is 0.175 e. The Balaban J connectivity index is 2.27. The number of halogens is 1. The lowest BCUT2D eigenvalue weighted by molar-refractivity contribution is 0.602. The standard InChI is InChI=1S/C13H12BrNO2S2/c1-9-7-8-15-13(12(9)14)18-10-3-5-11(6-4-10)19(2,16)17/h3-8H,1-2H3. The Morgan fingerprint density at radius 3 is 2.37 bits per heavy atom. The van der Waals surface area contributed by atoms with Crippen LogP contribution >= 0.6 is 27.7 Å². The van der Waals surface area contributed by atoms with Crippen molar-refractivity contribution in [1.29, 1.82) is 0 Å². The quantitative estimate of drug-likeness (QED) is 0.839. The van der Waals surface area contributed by atoms with Gasteiger partial charge < -0.3 is 0 Å². The fourth-order valence-corrected chi connectivity index (χ4v) is 3.42. The first-order chi connectivity index (χ1) is 8.88. The highest BCUT2D eigenvalue weighted by Crippen LogP contribution is 2.33. The van der Waals surface area contributed by atoms with E-state index in [1.165, 1.54) is 18.0 Å². The summed E-state index contributed by atoms with van der Waals surface area (Å²) in [5.74, 6) is 0. The molecule has 0 bridgehead atoms. The Morgan fingerprint density at radius 2 is 1.79 bits per heavy atom. The van der Waals surface area contributed by atoms with E-state index in [4.69, 9.17) is 0 Å². The molecule has 0 fully saturated rings. The highest BCUT2D eigenvalue weighted by molar-refractivity contribution is 9.10. The molecular formula is C13H12BrNO2S2. The minimum atomic E-state index is -3.14. The molecule has 0 aliphatic heterocycles. The van der Waals surface area contributed by atoms with Gasteiger partial charge in [0.25, 0.3) is 0 Å². The molecule has 100 valence electrons. The van der Waals surface area contributed by atoms with Crippen LogP contribution in [0, 0.1) is 6.92 Å². The summed E-state index contributed by atoms with van der Waals surface area (Å²) < 4.78 is 23.7. The lowest BCUT2D eigenvalue weighted by atomic mass is 10.3. The molecule has 2 rings (SSSR count). The van der Waals surface area contributed by atoms with Gasteiger partial charge in [-0.1, -0.05) is 11.8 Å². The zero-order chi connectivity index (χ0) is 14.0. The van der Waals surface area contributed by atoms with Gasteiger partial charge in [-0.05, 0) is 58.7 Å². The first kappa shape index (κ1) is 14.6. The van der Waals surface area contributed by atoms with Crippen LogP contribution in [0.2, 0.25) is 0 Å². The molecule has 0 saturated heterocycles. The van der Waals surface area contributed by atoms with Crippen LogP contribution in [-0.2, 0) is 9.84 Å². The van der Waals surface area contributed by atoms with Crippen LogP contribution in [0.3, 0.4) is 0 Å². The summed E-state index contributed by atoms with van der Waals surface area (Å²) in [7, 11) is -3.14. The van der Waals surface area contributed by atoms with Crippen LogP contribution in [0.15, 0.2) is 55.8 Å². The topological polar surface area (TPSA) is 47.0 Å². The number of aryl methyl sites for hydroxylation is 1. The Hall–Kier alpha value is -0.850. The first-order valence-corrected chi connectivity index (χ1v) is 8.97. The van der Waals surface area contributed by atoms with Crippen molar-refractivity contribution in [2.24, 2.45) is 0 Å². The maximum atomic E-state index is 11.4. The number of aromatic nitrogens is 1. The summed E-state index contributed by atoms with van der Waals surface area (Å²) in [4.78, 5) is 5.58. The fourth-order valence-electron chi connectivity index (χ4n) is 1.45. The molecule has 0 N–H and O–H groups in total. The zero-order valence-electron chi connectivity index (χ0n) is 10.4. The molecule has 1 heterocycles. The molecule has 19 heavy (non-hydrogen) atoms. The van der Waals surface area contributed by atoms with Crippen molar-refractivity contribution >= 4 is 37.5 Å². The number of benzene rings is 1. The average Bonchev–Trinajstić information content (AvgIpc) is 2.35. The van der Waals surface area contributed by atoms with Crippen molar-refractivity contribution in [3.8, 4) is 0 Å². The summed E-state index contributed by atoms with van der Waals surface area (Å²) in [6, 6.07) is 8.73. The molecule has 6 heteroatoms. The predicted octanol–water partition coefficient (Wildman–Crippen LogP) is 3.71. The minimum absolute atomic E-state index is 0.327. The summed E-state index contributed by atoms with van der Waals surface area (Å²) in [5, 5.41) is 0.868. The van der Waals surface area contributed by atoms with E-state index in [0.29, 0.717) is 4.90 Å². The van der Waals surface area contributed by atoms with Gasteiger partial charge >= 0.3 is 0 Å². The molecule has 1 aromatic heterocycles. The molecule has 0 aliphatic rings. The van der Waals surface area contributed by atoms with E-state index in [2.05, 4.69) is 20.9 Å². The van der Waals surface area contributed by atoms with Gasteiger partial charge in [-0.25, -0.2) is 13.4 Å². The highest BCUT2D eigenvalue weighted by atomic mass is 79.9. The van der Waals surface area contributed by atoms with Gasteiger partial charge in [0.15, 0.2) is 9.84 Å². The second-order valence-corrected chi connectivity index (χ2v) is 7.96. The average molecular weight is 358 g/mol. The number of pyridine rings is 1. The Kier molecular flexibility index (Phi) is 4.32. The fraction of sp³-hybridized carbons (Fsp3) is 0.154. The molecule has 0 unspecified atom stereocenters. The Labute approximate surface area is 125 Å². The minimum Gasteiger partial charge on any atom is -0.248 e. The van der Waals surface area contributed by atoms with Crippen LogP contribution in [0.1, 0.15) is 5.56 Å². The SMILES string of the molecule is Cc1ccnc(Sc2ccc(S(C)(=O)=O)cc2)c1Br. The third-order valence-corrected chi connectivity index (χ3v) is 5.92. The van der Waals surface area contributed by atoms with Crippen LogP contribution in [0.25, 0.3) is 0 Å². The highest BCUT2D eigenvalue weighted by Gasteiger charge is 2.09. The molecule has 1 aromatic carbocycles. The normalized spacial score (nSPS) is 11.5. The van der Waals surface area contributed by atoms with Crippen molar-refractivity contribution in [3.05, 3.63) is 46.6 Å². The lowest BCUT2D eigenvalue weighted by Gasteiger charge is -2.06. The van der Waals surface area contributed by atoms with Gasteiger partial charge in [-0.2, -0.15) is 0 Å². The third-order valence-electron chi connectivity index (χ3n) is 2.52. The van der Waals surface area contributed by atoms with Crippen molar-refractivity contribution in [3.63, 3.8) is 0 Å². The number of sulfone groups is 1. The Bertz CT molecular complexity index is 697. The molecule has 0 atom stereocenters. The maximum absolute atomic E-state index is 11.4. The van der Waals surface area contributed by atoms with Crippen LogP contribution in [-0.4, -0.2) is 19.7 Å². The van der Waals surface area contributed by atoms with Crippen molar-refractivity contribution in [2.45, 2.75) is 21.7 Å². The second kappa shape index (κ2) is 5.64. The largest absolute Gasteiger partial charge is 0.248 e. The molecular weight excluding hydrogens is 346 g/mol. The van der Waals surface area contributed by atoms with E-state index in [-0.39, 0.29) is 0 Å². The summed E-state index contributed by atoms with van der Waals surface area (Å²) in [5.41, 5.74) is 1.12. The summed E-state index contributed by atoms with van der Waals surface area (Å²) in [6.07, 6.45) is 2.96. The lowest BCUT2D eigenvalue weighted by Crippen LogP contribution is -1.96. The second-order valence-electron chi connectivity index (χ2n) is 4.09. The maximum Gasteiger partial charge on any atom is 0.175 e. The molecule has 2 aromatic rings. The van der Waals surface area contributed by atoms with Gasteiger partial charge in [0.1, 0.15) is 5.03 Å². The van der Waals surface area contributed by atoms with Gasteiger partial charge in [-0.3, -0.25) is 0 Å². The van der Waals surface area contributed by atoms with Crippen LogP contribution in [0.4, 0.5) is 0 Å². The predicted molar refractivity (Wildman–Crippen MR) is 80.3 cm³/mol. The number of nitrogens with zero attached hydrogens (tertiary/aromatic N) is 1. The molecule has 0 amide bonds. The third kappa shape index (κ3) is 3.58. The first-order valence-electron chi connectivity index (χ1n) is 5.47. The summed E-state index contributed by atoms with van der Waals surface area (Å²) in [6.45, 7) is 2.00. The molecule has 0 saturated carbocycles. The Morgan fingerprint density at radius 1 is 1.16 bits per heavy atom. The monoisotopic (exact) mass is 357 g/mol. The summed E-state index contributed by atoms with van der Waals surface area (Å²) >= 11 is 5.00. The van der Waals surface area contributed by atoms with E-state index in [9.17, 15) is 8.42 Å². The molecule has 0 aliphatic carbocycles. The number of hydrogen-bond acceptors (Lipinski definition) is 4. The van der Waals surface area contributed by atoms with E-state index in [1.54, 1.807) is 30.5 Å². The van der Waals surface area contributed by atoms with Gasteiger partial charge in [0.05, 0.1) is 9.37 Å². The van der Waals surface area contributed by atoms with Crippen molar-refractivity contribution in [2.75, 3.05) is 6.26 Å². The van der Waals surface area contributed by atoms with Crippen LogP contribution < -0.4 is 0 Å². The van der Waals surface area contributed by atoms with E-state index >= 15 is 0 Å².